The predicted octanol–water partition coefficient (Wildman–Crippen LogP) is 2.57. The molecule has 1 aromatic rings. The zero-order valence-electron chi connectivity index (χ0n) is 6.63. The molecule has 0 aliphatic heterocycles. The van der Waals surface area contributed by atoms with Crippen molar-refractivity contribution in [3.63, 3.8) is 0 Å². The van der Waals surface area contributed by atoms with Crippen molar-refractivity contribution >= 4 is 6.21 Å². The molecule has 1 nitrogen and oxygen atoms in total. The summed E-state index contributed by atoms with van der Waals surface area (Å²) in [7, 11) is 0. The minimum atomic E-state index is -0.188. The van der Waals surface area contributed by atoms with E-state index in [4.69, 9.17) is 5.41 Å². The van der Waals surface area contributed by atoms with Gasteiger partial charge < -0.3 is 5.41 Å². The van der Waals surface area contributed by atoms with Gasteiger partial charge in [-0.2, -0.15) is 0 Å². The summed E-state index contributed by atoms with van der Waals surface area (Å²) in [5.74, 6) is -0.188. The summed E-state index contributed by atoms with van der Waals surface area (Å²) in [6, 6.07) is 6.65. The Morgan fingerprint density at radius 2 is 2.08 bits per heavy atom. The van der Waals surface area contributed by atoms with E-state index in [2.05, 4.69) is 0 Å². The van der Waals surface area contributed by atoms with Gasteiger partial charge in [-0.1, -0.05) is 24.3 Å². The van der Waals surface area contributed by atoms with E-state index in [0.29, 0.717) is 12.0 Å². The molecule has 62 valence electrons. The first-order valence-corrected chi connectivity index (χ1v) is 3.73. The monoisotopic (exact) mass is 163 g/mol. The van der Waals surface area contributed by atoms with Crippen LogP contribution in [0, 0.1) is 11.2 Å². The van der Waals surface area contributed by atoms with Gasteiger partial charge in [-0.05, 0) is 24.1 Å². The van der Waals surface area contributed by atoms with Gasteiger partial charge in [-0.15, -0.1) is 0 Å². The number of benzene rings is 1. The van der Waals surface area contributed by atoms with E-state index in [1.54, 1.807) is 30.4 Å². The highest BCUT2D eigenvalue weighted by Crippen LogP contribution is 2.06. The molecule has 0 fully saturated rings. The molecule has 12 heavy (non-hydrogen) atoms. The van der Waals surface area contributed by atoms with Gasteiger partial charge in [0.25, 0.3) is 0 Å². The lowest BCUT2D eigenvalue weighted by atomic mass is 10.1. The minimum absolute atomic E-state index is 0.188. The Morgan fingerprint density at radius 3 is 2.75 bits per heavy atom. The van der Waals surface area contributed by atoms with Gasteiger partial charge >= 0.3 is 0 Å². The SMILES string of the molecule is N=C/C=C\Cc1ccccc1F. The first kappa shape index (κ1) is 8.65. The number of allylic oxidation sites excluding steroid dienone is 2. The maximum absolute atomic E-state index is 12.9. The molecule has 0 bridgehead atoms. The van der Waals surface area contributed by atoms with Crippen LogP contribution in [-0.2, 0) is 6.42 Å². The van der Waals surface area contributed by atoms with Crippen LogP contribution in [0.2, 0.25) is 0 Å². The lowest BCUT2D eigenvalue weighted by Crippen LogP contribution is -1.86. The van der Waals surface area contributed by atoms with Gasteiger partial charge in [0.15, 0.2) is 0 Å². The summed E-state index contributed by atoms with van der Waals surface area (Å²) in [6.07, 6.45) is 5.07. The Balaban J connectivity index is 2.69. The van der Waals surface area contributed by atoms with Gasteiger partial charge in [0.2, 0.25) is 0 Å². The summed E-state index contributed by atoms with van der Waals surface area (Å²) >= 11 is 0. The second-order valence-corrected chi connectivity index (χ2v) is 2.39. The van der Waals surface area contributed by atoms with Crippen molar-refractivity contribution in [1.29, 1.82) is 5.41 Å². The third kappa shape index (κ3) is 2.31. The van der Waals surface area contributed by atoms with Crippen LogP contribution in [0.5, 0.6) is 0 Å². The Hall–Kier alpha value is -1.44. The van der Waals surface area contributed by atoms with Crippen molar-refractivity contribution in [2.75, 3.05) is 0 Å². The van der Waals surface area contributed by atoms with E-state index in [0.717, 1.165) is 0 Å². The van der Waals surface area contributed by atoms with Crippen LogP contribution in [0.15, 0.2) is 36.4 Å². The van der Waals surface area contributed by atoms with Gasteiger partial charge in [-0.25, -0.2) is 4.39 Å². The first-order chi connectivity index (χ1) is 5.84. The van der Waals surface area contributed by atoms with E-state index >= 15 is 0 Å². The third-order valence-electron chi connectivity index (χ3n) is 1.53. The number of nitrogens with one attached hydrogen (secondary N) is 1. The van der Waals surface area contributed by atoms with Crippen LogP contribution < -0.4 is 0 Å². The molecule has 0 atom stereocenters. The molecule has 0 amide bonds. The van der Waals surface area contributed by atoms with E-state index < -0.39 is 0 Å². The first-order valence-electron chi connectivity index (χ1n) is 3.73. The summed E-state index contributed by atoms with van der Waals surface area (Å²) in [6.45, 7) is 0. The summed E-state index contributed by atoms with van der Waals surface area (Å²) < 4.78 is 12.9. The number of hydrogen-bond donors (Lipinski definition) is 1. The summed E-state index contributed by atoms with van der Waals surface area (Å²) in [5.41, 5.74) is 0.663. The molecule has 0 unspecified atom stereocenters. The largest absolute Gasteiger partial charge is 0.309 e. The second kappa shape index (κ2) is 4.44. The van der Waals surface area contributed by atoms with Gasteiger partial charge in [0.1, 0.15) is 5.82 Å². The second-order valence-electron chi connectivity index (χ2n) is 2.39. The highest BCUT2D eigenvalue weighted by molar-refractivity contribution is 5.67. The molecule has 1 N–H and O–H groups in total. The van der Waals surface area contributed by atoms with Gasteiger partial charge in [0.05, 0.1) is 0 Å². The van der Waals surface area contributed by atoms with Crippen LogP contribution in [0.4, 0.5) is 4.39 Å². The van der Waals surface area contributed by atoms with E-state index in [1.807, 2.05) is 0 Å². The molecule has 0 aromatic heterocycles. The Labute approximate surface area is 71.1 Å². The lowest BCUT2D eigenvalue weighted by molar-refractivity contribution is 0.615. The standard InChI is InChI=1S/C10H10FN/c11-10-7-2-1-5-9(10)6-3-4-8-12/h1-5,7-8,12H,6H2/b4-3-,12-8?. The Kier molecular flexibility index (Phi) is 3.20. The normalized spacial score (nSPS) is 10.4. The fourth-order valence-electron chi connectivity index (χ4n) is 0.927. The van der Waals surface area contributed by atoms with Crippen LogP contribution in [-0.4, -0.2) is 6.21 Å². The fraction of sp³-hybridized carbons (Fsp3) is 0.100. The lowest BCUT2D eigenvalue weighted by Gasteiger charge is -1.96. The van der Waals surface area contributed by atoms with Gasteiger partial charge in [0, 0.05) is 6.21 Å². The molecule has 0 spiro atoms. The molecule has 0 radical (unpaired) electrons. The highest BCUT2D eigenvalue weighted by atomic mass is 19.1. The molecule has 0 heterocycles. The minimum Gasteiger partial charge on any atom is -0.309 e. The average Bonchev–Trinajstić information content (AvgIpc) is 2.09. The van der Waals surface area contributed by atoms with Crippen molar-refractivity contribution in [3.8, 4) is 0 Å². The third-order valence-corrected chi connectivity index (χ3v) is 1.53. The maximum atomic E-state index is 12.9. The van der Waals surface area contributed by atoms with Crippen LogP contribution in [0.3, 0.4) is 0 Å². The van der Waals surface area contributed by atoms with Crippen LogP contribution in [0.25, 0.3) is 0 Å². The molecule has 0 aliphatic rings. The molecule has 2 heteroatoms. The molecular formula is C10H10FN. The topological polar surface area (TPSA) is 23.9 Å². The van der Waals surface area contributed by atoms with Crippen molar-refractivity contribution < 1.29 is 4.39 Å². The van der Waals surface area contributed by atoms with Crippen molar-refractivity contribution in [3.05, 3.63) is 47.8 Å². The van der Waals surface area contributed by atoms with E-state index in [9.17, 15) is 4.39 Å². The summed E-state index contributed by atoms with van der Waals surface area (Å²) in [5, 5.41) is 6.72. The number of halogens is 1. The molecule has 1 aromatic carbocycles. The van der Waals surface area contributed by atoms with Crippen molar-refractivity contribution in [1.82, 2.24) is 0 Å². The Bertz CT molecular complexity index is 292. The van der Waals surface area contributed by atoms with Crippen LogP contribution in [0.1, 0.15) is 5.56 Å². The average molecular weight is 163 g/mol. The molecular weight excluding hydrogens is 153 g/mol. The predicted molar refractivity (Wildman–Crippen MR) is 48.0 cm³/mol. The van der Waals surface area contributed by atoms with E-state index in [1.165, 1.54) is 12.3 Å². The zero-order chi connectivity index (χ0) is 8.81. The number of hydrogen-bond acceptors (Lipinski definition) is 1. The van der Waals surface area contributed by atoms with E-state index in [-0.39, 0.29) is 5.82 Å². The number of rotatable bonds is 3. The quantitative estimate of drug-likeness (QED) is 0.662. The maximum Gasteiger partial charge on any atom is 0.126 e. The van der Waals surface area contributed by atoms with Crippen molar-refractivity contribution in [2.24, 2.45) is 0 Å². The zero-order valence-corrected chi connectivity index (χ0v) is 6.63. The molecule has 1 rings (SSSR count). The van der Waals surface area contributed by atoms with Crippen molar-refractivity contribution in [2.45, 2.75) is 6.42 Å². The Morgan fingerprint density at radius 1 is 1.33 bits per heavy atom. The highest BCUT2D eigenvalue weighted by Gasteiger charge is 1.95. The molecule has 0 saturated heterocycles. The summed E-state index contributed by atoms with van der Waals surface area (Å²) in [4.78, 5) is 0. The molecule has 0 aliphatic carbocycles. The smallest absolute Gasteiger partial charge is 0.126 e. The molecule has 0 saturated carbocycles. The fourth-order valence-corrected chi connectivity index (χ4v) is 0.927. The van der Waals surface area contributed by atoms with Crippen LogP contribution >= 0.6 is 0 Å². The van der Waals surface area contributed by atoms with Gasteiger partial charge in [-0.3, -0.25) is 0 Å².